The standard InChI is InChI=1S/C29H30F2N4O13/c1-6-34-9-18(28(41)42)24(40)17-7-19(30)23(21(31)22(17)34)35-8-16(32-33-35)10-44-29-27(47-15(5)39)26(46-14(4)38)25(45-13(3)37)20(48-29)11-43-12(2)36/h7-9,20,25-27,29H,6,10-11H2,1-5H3,(H,41,42)/t20-,25+,26+,27-,29+/m1/s1. The Bertz CT molecular complexity index is 1820. The van der Waals surface area contributed by atoms with Crippen molar-refractivity contribution in [3.05, 3.63) is 51.6 Å². The van der Waals surface area contributed by atoms with Gasteiger partial charge in [0.15, 0.2) is 36.2 Å². The van der Waals surface area contributed by atoms with E-state index in [2.05, 4.69) is 10.3 Å². The van der Waals surface area contributed by atoms with Crippen LogP contribution in [0.5, 0.6) is 0 Å². The molecule has 1 N–H and O–H groups in total. The zero-order valence-electron chi connectivity index (χ0n) is 26.1. The Kier molecular flexibility index (Phi) is 10.8. The van der Waals surface area contributed by atoms with Crippen LogP contribution in [0.25, 0.3) is 16.6 Å². The lowest BCUT2D eigenvalue weighted by Crippen LogP contribution is -2.62. The van der Waals surface area contributed by atoms with E-state index in [1.54, 1.807) is 6.92 Å². The fraction of sp³-hybridized carbons (Fsp3) is 0.448. The number of esters is 4. The Labute approximate surface area is 269 Å². The molecule has 1 aliphatic heterocycles. The van der Waals surface area contributed by atoms with Gasteiger partial charge >= 0.3 is 29.8 Å². The molecule has 1 saturated heterocycles. The number of hydrogen-bond acceptors (Lipinski definition) is 14. The number of halogens is 2. The summed E-state index contributed by atoms with van der Waals surface area (Å²) in [5.74, 6) is -7.28. The van der Waals surface area contributed by atoms with Crippen molar-refractivity contribution in [2.45, 2.75) is 78.5 Å². The predicted octanol–water partition coefficient (Wildman–Crippen LogP) is 1.18. The third-order valence-electron chi connectivity index (χ3n) is 6.91. The van der Waals surface area contributed by atoms with Crippen molar-refractivity contribution in [1.82, 2.24) is 19.6 Å². The second-order valence-electron chi connectivity index (χ2n) is 10.4. The Morgan fingerprint density at radius 2 is 1.56 bits per heavy atom. The topological polar surface area (TPSA) is 214 Å². The van der Waals surface area contributed by atoms with Crippen LogP contribution >= 0.6 is 0 Å². The molecule has 0 unspecified atom stereocenters. The van der Waals surface area contributed by atoms with Crippen LogP contribution in [0.1, 0.15) is 50.7 Å². The molecule has 3 heterocycles. The summed E-state index contributed by atoms with van der Waals surface area (Å²) in [5, 5.41) is 16.5. The number of rotatable bonds is 11. The minimum atomic E-state index is -1.56. The summed E-state index contributed by atoms with van der Waals surface area (Å²) in [6.07, 6.45) is -5.26. The highest BCUT2D eigenvalue weighted by Gasteiger charge is 2.52. The average Bonchev–Trinajstić information content (AvgIpc) is 3.45. The van der Waals surface area contributed by atoms with Crippen LogP contribution in [0.3, 0.4) is 0 Å². The third kappa shape index (κ3) is 7.63. The van der Waals surface area contributed by atoms with Crippen LogP contribution in [0.4, 0.5) is 8.78 Å². The van der Waals surface area contributed by atoms with E-state index in [9.17, 15) is 33.9 Å². The Morgan fingerprint density at radius 1 is 0.938 bits per heavy atom. The van der Waals surface area contributed by atoms with Gasteiger partial charge in [-0.15, -0.1) is 5.10 Å². The smallest absolute Gasteiger partial charge is 0.341 e. The molecule has 0 bridgehead atoms. The summed E-state index contributed by atoms with van der Waals surface area (Å²) in [4.78, 5) is 71.7. The van der Waals surface area contributed by atoms with Crippen LogP contribution in [0, 0.1) is 11.6 Å². The highest BCUT2D eigenvalue weighted by Crippen LogP contribution is 2.31. The minimum Gasteiger partial charge on any atom is -0.477 e. The minimum absolute atomic E-state index is 0.0332. The number of hydrogen-bond donors (Lipinski definition) is 1. The summed E-state index contributed by atoms with van der Waals surface area (Å²) < 4.78 is 65.6. The molecule has 258 valence electrons. The quantitative estimate of drug-likeness (QED) is 0.222. The van der Waals surface area contributed by atoms with Crippen molar-refractivity contribution in [2.75, 3.05) is 6.61 Å². The number of nitrogens with zero attached hydrogens (tertiary/aromatic N) is 4. The summed E-state index contributed by atoms with van der Waals surface area (Å²) in [7, 11) is 0. The highest BCUT2D eigenvalue weighted by atomic mass is 19.1. The molecule has 1 aromatic carbocycles. The first-order valence-corrected chi connectivity index (χ1v) is 14.2. The number of fused-ring (bicyclic) bond motifs is 1. The van der Waals surface area contributed by atoms with Gasteiger partial charge in [-0.1, -0.05) is 5.21 Å². The molecule has 3 aromatic rings. The first-order chi connectivity index (χ1) is 22.6. The number of aryl methyl sites for hydroxylation is 1. The number of carboxylic acid groups (broad SMARTS) is 1. The molecular weight excluding hydrogens is 650 g/mol. The lowest BCUT2D eigenvalue weighted by atomic mass is 9.98. The molecule has 0 radical (unpaired) electrons. The summed E-state index contributed by atoms with van der Waals surface area (Å²) in [6.45, 7) is 4.88. The van der Waals surface area contributed by atoms with Gasteiger partial charge in [-0.05, 0) is 13.0 Å². The predicted molar refractivity (Wildman–Crippen MR) is 152 cm³/mol. The number of pyridine rings is 1. The molecule has 1 aliphatic rings. The van der Waals surface area contributed by atoms with E-state index in [0.717, 1.165) is 49.3 Å². The van der Waals surface area contributed by atoms with Gasteiger partial charge in [-0.3, -0.25) is 24.0 Å². The SMILES string of the molecule is CCn1cc(C(=O)O)c(=O)c2cc(F)c(-n3cc(CO[C@H]4O[C@H](COC(C)=O)[C@H](OC(C)=O)[C@H](OC(C)=O)[C@H]4OC(C)=O)nn3)c(F)c21. The largest absolute Gasteiger partial charge is 0.477 e. The Morgan fingerprint density at radius 3 is 2.15 bits per heavy atom. The summed E-state index contributed by atoms with van der Waals surface area (Å²) in [5.41, 5.74) is -2.90. The molecule has 0 saturated carbocycles. The fourth-order valence-electron chi connectivity index (χ4n) is 5.05. The number of aromatic nitrogens is 4. The highest BCUT2D eigenvalue weighted by molar-refractivity contribution is 5.93. The first kappa shape index (κ1) is 35.6. The van der Waals surface area contributed by atoms with Crippen LogP contribution in [-0.4, -0.2) is 91.8 Å². The second kappa shape index (κ2) is 14.6. The number of ether oxygens (including phenoxy) is 6. The molecular formula is C29H30F2N4O13. The number of carbonyl (C=O) groups excluding carboxylic acids is 4. The molecule has 5 atom stereocenters. The summed E-state index contributed by atoms with van der Waals surface area (Å²) >= 11 is 0. The van der Waals surface area contributed by atoms with Crippen molar-refractivity contribution in [1.29, 1.82) is 0 Å². The first-order valence-electron chi connectivity index (χ1n) is 14.2. The Balaban J connectivity index is 1.68. The number of benzene rings is 1. The molecule has 2 aromatic heterocycles. The van der Waals surface area contributed by atoms with Gasteiger partial charge in [-0.2, -0.15) is 0 Å². The van der Waals surface area contributed by atoms with Gasteiger partial charge in [0.1, 0.15) is 29.7 Å². The van der Waals surface area contributed by atoms with Gasteiger partial charge in [-0.25, -0.2) is 18.3 Å². The van der Waals surface area contributed by atoms with Gasteiger partial charge in [0.25, 0.3) is 0 Å². The van der Waals surface area contributed by atoms with Gasteiger partial charge in [0.05, 0.1) is 23.7 Å². The lowest BCUT2D eigenvalue weighted by molar-refractivity contribution is -0.310. The molecule has 0 aliphatic carbocycles. The maximum atomic E-state index is 15.8. The van der Waals surface area contributed by atoms with Crippen LogP contribution in [-0.2, 0) is 60.8 Å². The summed E-state index contributed by atoms with van der Waals surface area (Å²) in [6, 6.07) is 0.698. The van der Waals surface area contributed by atoms with E-state index in [4.69, 9.17) is 28.4 Å². The number of aromatic carboxylic acids is 1. The van der Waals surface area contributed by atoms with Crippen LogP contribution in [0.15, 0.2) is 23.3 Å². The molecule has 0 spiro atoms. The van der Waals surface area contributed by atoms with Crippen molar-refractivity contribution in [3.8, 4) is 5.69 Å². The van der Waals surface area contributed by atoms with Crippen molar-refractivity contribution < 1.29 is 66.3 Å². The van der Waals surface area contributed by atoms with Crippen LogP contribution < -0.4 is 5.43 Å². The van der Waals surface area contributed by atoms with E-state index in [1.807, 2.05) is 0 Å². The molecule has 17 nitrogen and oxygen atoms in total. The Hall–Kier alpha value is -5.30. The van der Waals surface area contributed by atoms with Crippen LogP contribution in [0.2, 0.25) is 0 Å². The van der Waals surface area contributed by atoms with E-state index in [-0.39, 0.29) is 17.8 Å². The van der Waals surface area contributed by atoms with E-state index in [0.29, 0.717) is 6.07 Å². The van der Waals surface area contributed by atoms with Gasteiger partial charge in [0, 0.05) is 40.4 Å². The molecule has 19 heteroatoms. The number of carboxylic acids is 1. The van der Waals surface area contributed by atoms with E-state index in [1.165, 1.54) is 0 Å². The maximum Gasteiger partial charge on any atom is 0.341 e. The van der Waals surface area contributed by atoms with Crippen molar-refractivity contribution in [3.63, 3.8) is 0 Å². The normalized spacial score (nSPS) is 20.6. The average molecular weight is 681 g/mol. The van der Waals surface area contributed by atoms with Crippen molar-refractivity contribution in [2.24, 2.45) is 0 Å². The molecule has 0 amide bonds. The molecule has 48 heavy (non-hydrogen) atoms. The van der Waals surface area contributed by atoms with E-state index >= 15 is 8.78 Å². The third-order valence-corrected chi connectivity index (χ3v) is 6.91. The number of carbonyl (C=O) groups is 5. The fourth-order valence-corrected chi connectivity index (χ4v) is 5.05. The van der Waals surface area contributed by atoms with E-state index < -0.39 is 107 Å². The lowest BCUT2D eigenvalue weighted by Gasteiger charge is -2.43. The second-order valence-corrected chi connectivity index (χ2v) is 10.4. The zero-order chi connectivity index (χ0) is 35.4. The maximum absolute atomic E-state index is 15.8. The molecule has 1 fully saturated rings. The van der Waals surface area contributed by atoms with Gasteiger partial charge in [0.2, 0.25) is 5.43 Å². The monoisotopic (exact) mass is 680 g/mol. The molecule has 4 rings (SSSR count). The van der Waals surface area contributed by atoms with Gasteiger partial charge < -0.3 is 38.1 Å². The van der Waals surface area contributed by atoms with Crippen molar-refractivity contribution >= 4 is 40.7 Å². The zero-order valence-corrected chi connectivity index (χ0v) is 26.1.